The van der Waals surface area contributed by atoms with E-state index in [4.69, 9.17) is 12.2 Å². The van der Waals surface area contributed by atoms with Gasteiger partial charge in [0.05, 0.1) is 4.88 Å². The Morgan fingerprint density at radius 1 is 0.905 bits per heavy atom. The van der Waals surface area contributed by atoms with Crippen molar-refractivity contribution in [3.05, 3.63) is 74.9 Å². The molecule has 1 aromatic heterocycles. The Labute approximate surface area is 135 Å². The average Bonchev–Trinajstić information content (AvgIpc) is 2.92. The number of hydrogen-bond donors (Lipinski definition) is 1. The number of nitrogens with zero attached hydrogens (tertiary/aromatic N) is 1. The zero-order chi connectivity index (χ0) is 14.7. The van der Waals surface area contributed by atoms with Gasteiger partial charge in [0.15, 0.2) is 0 Å². The van der Waals surface area contributed by atoms with E-state index in [1.165, 1.54) is 10.3 Å². The first-order valence-electron chi connectivity index (χ1n) is 6.27. The standard InChI is InChI=1S/C16H11NOS3/c18-17-14(12-9-5-2-6-10-12)15-13(16(19)21-20-15)11-7-3-1-4-8-11/h1-10,18H/b17-14-. The van der Waals surface area contributed by atoms with Crippen LogP contribution in [0.4, 0.5) is 0 Å². The van der Waals surface area contributed by atoms with Crippen LogP contribution in [0, 0.1) is 3.82 Å². The quantitative estimate of drug-likeness (QED) is 0.228. The van der Waals surface area contributed by atoms with Crippen molar-refractivity contribution in [1.82, 2.24) is 0 Å². The van der Waals surface area contributed by atoms with Crippen molar-refractivity contribution in [1.29, 1.82) is 0 Å². The lowest BCUT2D eigenvalue weighted by atomic mass is 10.0. The minimum absolute atomic E-state index is 0.562. The van der Waals surface area contributed by atoms with Crippen LogP contribution in [0.1, 0.15) is 10.4 Å². The molecule has 0 bridgehead atoms. The van der Waals surface area contributed by atoms with Crippen molar-refractivity contribution in [3.8, 4) is 11.1 Å². The van der Waals surface area contributed by atoms with Crippen LogP contribution in [-0.2, 0) is 0 Å². The summed E-state index contributed by atoms with van der Waals surface area (Å²) < 4.78 is 0.818. The maximum atomic E-state index is 9.48. The molecule has 3 rings (SSSR count). The molecule has 1 N–H and O–H groups in total. The monoisotopic (exact) mass is 329 g/mol. The van der Waals surface area contributed by atoms with Crippen LogP contribution in [0.2, 0.25) is 0 Å². The van der Waals surface area contributed by atoms with Gasteiger partial charge in [0.1, 0.15) is 9.54 Å². The summed E-state index contributed by atoms with van der Waals surface area (Å²) >= 11 is 5.46. The van der Waals surface area contributed by atoms with Gasteiger partial charge in [-0.15, -0.1) is 0 Å². The fourth-order valence-electron chi connectivity index (χ4n) is 2.10. The lowest BCUT2D eigenvalue weighted by molar-refractivity contribution is 0.320. The Morgan fingerprint density at radius 2 is 1.52 bits per heavy atom. The van der Waals surface area contributed by atoms with E-state index in [1.807, 2.05) is 60.7 Å². The molecule has 0 aliphatic carbocycles. The molecule has 104 valence electrons. The van der Waals surface area contributed by atoms with Crippen LogP contribution < -0.4 is 0 Å². The van der Waals surface area contributed by atoms with Gasteiger partial charge in [-0.25, -0.2) is 0 Å². The van der Waals surface area contributed by atoms with Gasteiger partial charge in [0, 0.05) is 11.1 Å². The normalized spacial score (nSPS) is 11.5. The van der Waals surface area contributed by atoms with Crippen molar-refractivity contribution in [2.24, 2.45) is 5.16 Å². The zero-order valence-electron chi connectivity index (χ0n) is 10.9. The van der Waals surface area contributed by atoms with Gasteiger partial charge in [0.2, 0.25) is 0 Å². The average molecular weight is 329 g/mol. The fourth-order valence-corrected chi connectivity index (χ4v) is 4.97. The predicted octanol–water partition coefficient (Wildman–Crippen LogP) is 5.43. The van der Waals surface area contributed by atoms with Gasteiger partial charge in [-0.05, 0) is 5.56 Å². The van der Waals surface area contributed by atoms with Crippen LogP contribution >= 0.6 is 32.9 Å². The molecule has 0 saturated heterocycles. The molecule has 21 heavy (non-hydrogen) atoms. The summed E-state index contributed by atoms with van der Waals surface area (Å²) in [5.41, 5.74) is 3.46. The van der Waals surface area contributed by atoms with E-state index < -0.39 is 0 Å². The van der Waals surface area contributed by atoms with Crippen LogP contribution in [0.25, 0.3) is 11.1 Å². The molecule has 0 saturated carbocycles. The highest BCUT2D eigenvalue weighted by Gasteiger charge is 2.17. The molecule has 0 radical (unpaired) electrons. The van der Waals surface area contributed by atoms with Gasteiger partial charge >= 0.3 is 0 Å². The molecule has 0 atom stereocenters. The van der Waals surface area contributed by atoms with Gasteiger partial charge in [-0.3, -0.25) is 0 Å². The Hall–Kier alpha value is -1.82. The van der Waals surface area contributed by atoms with Crippen LogP contribution in [0.5, 0.6) is 0 Å². The number of hydrogen-bond acceptors (Lipinski definition) is 5. The molecule has 3 aromatic rings. The molecule has 0 aliphatic heterocycles. The first kappa shape index (κ1) is 14.1. The van der Waals surface area contributed by atoms with Crippen LogP contribution in [0.15, 0.2) is 65.8 Å². The molecule has 0 unspecified atom stereocenters. The summed E-state index contributed by atoms with van der Waals surface area (Å²) in [6.45, 7) is 0. The number of rotatable bonds is 3. The van der Waals surface area contributed by atoms with Gasteiger partial charge in [0.25, 0.3) is 0 Å². The fraction of sp³-hybridized carbons (Fsp3) is 0. The third kappa shape index (κ3) is 2.81. The molecular formula is C16H11NOS3. The maximum absolute atomic E-state index is 9.48. The van der Waals surface area contributed by atoms with Crippen molar-refractivity contribution in [2.45, 2.75) is 0 Å². The molecule has 2 aromatic carbocycles. The summed E-state index contributed by atoms with van der Waals surface area (Å²) in [4.78, 5) is 0.907. The van der Waals surface area contributed by atoms with E-state index in [0.29, 0.717) is 5.71 Å². The lowest BCUT2D eigenvalue weighted by Gasteiger charge is -2.06. The SMILES string of the molecule is O/N=C(/c1ccccc1)c1ssc(=S)c1-c1ccccc1. The summed E-state index contributed by atoms with van der Waals surface area (Å²) in [6, 6.07) is 19.6. The minimum atomic E-state index is 0.562. The van der Waals surface area contributed by atoms with E-state index in [9.17, 15) is 5.21 Å². The lowest BCUT2D eigenvalue weighted by Crippen LogP contribution is -2.02. The second kappa shape index (κ2) is 6.30. The predicted molar refractivity (Wildman–Crippen MR) is 92.3 cm³/mol. The maximum Gasteiger partial charge on any atom is 0.128 e. The molecule has 2 nitrogen and oxygen atoms in total. The first-order chi connectivity index (χ1) is 10.3. The number of oxime groups is 1. The second-order valence-corrected chi connectivity index (χ2v) is 7.16. The van der Waals surface area contributed by atoms with Crippen molar-refractivity contribution in [2.75, 3.05) is 0 Å². The van der Waals surface area contributed by atoms with Gasteiger partial charge in [-0.1, -0.05) is 98.7 Å². The van der Waals surface area contributed by atoms with E-state index in [0.717, 1.165) is 25.4 Å². The Kier molecular flexibility index (Phi) is 4.24. The van der Waals surface area contributed by atoms with E-state index in [1.54, 1.807) is 10.3 Å². The van der Waals surface area contributed by atoms with Gasteiger partial charge < -0.3 is 5.21 Å². The largest absolute Gasteiger partial charge is 0.410 e. The molecule has 5 heteroatoms. The van der Waals surface area contributed by atoms with Crippen LogP contribution in [-0.4, -0.2) is 10.9 Å². The molecule has 0 fully saturated rings. The molecular weight excluding hydrogens is 318 g/mol. The number of benzene rings is 2. The summed E-state index contributed by atoms with van der Waals surface area (Å²) in [6.07, 6.45) is 0. The van der Waals surface area contributed by atoms with Crippen molar-refractivity contribution in [3.63, 3.8) is 0 Å². The van der Waals surface area contributed by atoms with Gasteiger partial charge in [-0.2, -0.15) is 0 Å². The Balaban J connectivity index is 2.19. The Morgan fingerprint density at radius 3 is 2.14 bits per heavy atom. The Bertz CT molecular complexity index is 819. The molecule has 0 amide bonds. The van der Waals surface area contributed by atoms with Crippen molar-refractivity contribution < 1.29 is 5.21 Å². The summed E-state index contributed by atoms with van der Waals surface area (Å²) in [5, 5.41) is 13.0. The summed E-state index contributed by atoms with van der Waals surface area (Å²) in [7, 11) is 3.07. The summed E-state index contributed by atoms with van der Waals surface area (Å²) in [5.74, 6) is 0. The molecule has 0 spiro atoms. The third-order valence-corrected chi connectivity index (χ3v) is 6.08. The molecule has 1 heterocycles. The zero-order valence-corrected chi connectivity index (χ0v) is 13.3. The minimum Gasteiger partial charge on any atom is -0.410 e. The topological polar surface area (TPSA) is 32.6 Å². The van der Waals surface area contributed by atoms with E-state index in [-0.39, 0.29) is 0 Å². The highest BCUT2D eigenvalue weighted by atomic mass is 32.9. The van der Waals surface area contributed by atoms with E-state index in [2.05, 4.69) is 5.16 Å². The van der Waals surface area contributed by atoms with E-state index >= 15 is 0 Å². The highest BCUT2D eigenvalue weighted by molar-refractivity contribution is 7.80. The third-order valence-electron chi connectivity index (χ3n) is 3.06. The second-order valence-electron chi connectivity index (χ2n) is 4.34. The van der Waals surface area contributed by atoms with Crippen molar-refractivity contribution >= 4 is 38.6 Å². The molecule has 0 aliphatic rings. The van der Waals surface area contributed by atoms with Crippen LogP contribution in [0.3, 0.4) is 0 Å². The smallest absolute Gasteiger partial charge is 0.128 e. The highest BCUT2D eigenvalue weighted by Crippen LogP contribution is 2.35. The first-order valence-corrected chi connectivity index (χ1v) is 8.83.